The highest BCUT2D eigenvalue weighted by atomic mass is 16.5. The maximum atomic E-state index is 13.0. The molecule has 2 aromatic carbocycles. The Labute approximate surface area is 191 Å². The first kappa shape index (κ1) is 23.5. The molecular weight excluding hydrogens is 402 g/mol. The van der Waals surface area contributed by atoms with E-state index < -0.39 is 0 Å². The summed E-state index contributed by atoms with van der Waals surface area (Å²) in [7, 11) is 1.65. The van der Waals surface area contributed by atoms with Crippen LogP contribution in [0.1, 0.15) is 18.4 Å². The lowest BCUT2D eigenvalue weighted by Crippen LogP contribution is -2.42. The maximum absolute atomic E-state index is 13.0. The molecule has 0 radical (unpaired) electrons. The van der Waals surface area contributed by atoms with E-state index in [0.29, 0.717) is 32.6 Å². The first-order chi connectivity index (χ1) is 15.6. The van der Waals surface area contributed by atoms with Crippen molar-refractivity contribution in [2.45, 2.75) is 19.3 Å². The third-order valence-electron chi connectivity index (χ3n) is 5.77. The molecule has 6 nitrogen and oxygen atoms in total. The molecule has 1 aliphatic heterocycles. The number of ether oxygens (including phenoxy) is 1. The highest BCUT2D eigenvalue weighted by Crippen LogP contribution is 2.16. The Hall–Kier alpha value is -3.12. The van der Waals surface area contributed by atoms with Crippen LogP contribution in [0.25, 0.3) is 0 Å². The number of hydrogen-bond acceptors (Lipinski definition) is 4. The molecule has 0 atom stereocenters. The Bertz CT molecular complexity index is 883. The molecule has 2 amide bonds. The van der Waals surface area contributed by atoms with E-state index in [1.807, 2.05) is 59.5 Å². The minimum Gasteiger partial charge on any atom is -0.497 e. The zero-order valence-corrected chi connectivity index (χ0v) is 18.9. The van der Waals surface area contributed by atoms with Crippen LogP contribution in [-0.2, 0) is 16.0 Å². The van der Waals surface area contributed by atoms with E-state index in [1.165, 1.54) is 0 Å². The predicted octanol–water partition coefficient (Wildman–Crippen LogP) is 3.38. The van der Waals surface area contributed by atoms with Crippen LogP contribution in [0.15, 0.2) is 67.3 Å². The van der Waals surface area contributed by atoms with Crippen LogP contribution in [0, 0.1) is 0 Å². The van der Waals surface area contributed by atoms with Gasteiger partial charge in [-0.25, -0.2) is 0 Å². The van der Waals surface area contributed by atoms with Crippen molar-refractivity contribution in [1.82, 2.24) is 9.80 Å². The zero-order valence-electron chi connectivity index (χ0n) is 18.9. The molecule has 1 fully saturated rings. The lowest BCUT2D eigenvalue weighted by Gasteiger charge is -2.26. The zero-order chi connectivity index (χ0) is 22.8. The number of carbonyl (C=O) groups excluding carboxylic acids is 2. The second-order valence-electron chi connectivity index (χ2n) is 7.99. The van der Waals surface area contributed by atoms with E-state index in [2.05, 4.69) is 11.5 Å². The highest BCUT2D eigenvalue weighted by Gasteiger charge is 2.22. The fourth-order valence-corrected chi connectivity index (χ4v) is 3.94. The summed E-state index contributed by atoms with van der Waals surface area (Å²) in [5, 5.41) is 0. The van der Waals surface area contributed by atoms with Crippen LogP contribution in [0.2, 0.25) is 0 Å². The minimum absolute atomic E-state index is 0.0513. The van der Waals surface area contributed by atoms with Gasteiger partial charge in [-0.3, -0.25) is 14.5 Å². The largest absolute Gasteiger partial charge is 0.497 e. The predicted molar refractivity (Wildman–Crippen MR) is 128 cm³/mol. The van der Waals surface area contributed by atoms with Crippen molar-refractivity contribution in [3.63, 3.8) is 0 Å². The summed E-state index contributed by atoms with van der Waals surface area (Å²) >= 11 is 0. The van der Waals surface area contributed by atoms with Crippen molar-refractivity contribution < 1.29 is 14.3 Å². The van der Waals surface area contributed by atoms with E-state index in [1.54, 1.807) is 18.1 Å². The fraction of sp³-hybridized carbons (Fsp3) is 0.385. The number of carbonyl (C=O) groups is 2. The number of amides is 2. The lowest BCUT2D eigenvalue weighted by atomic mass is 10.1. The Morgan fingerprint density at radius 1 is 1.03 bits per heavy atom. The second-order valence-corrected chi connectivity index (χ2v) is 7.99. The van der Waals surface area contributed by atoms with Gasteiger partial charge in [-0.05, 0) is 42.7 Å². The first-order valence-corrected chi connectivity index (χ1v) is 11.2. The maximum Gasteiger partial charge on any atom is 0.241 e. The van der Waals surface area contributed by atoms with Crippen LogP contribution in [0.3, 0.4) is 0 Å². The van der Waals surface area contributed by atoms with Crippen molar-refractivity contribution in [2.24, 2.45) is 0 Å². The van der Waals surface area contributed by atoms with Crippen LogP contribution in [-0.4, -0.2) is 68.0 Å². The monoisotopic (exact) mass is 435 g/mol. The summed E-state index contributed by atoms with van der Waals surface area (Å²) in [4.78, 5) is 31.6. The third-order valence-corrected chi connectivity index (χ3v) is 5.77. The van der Waals surface area contributed by atoms with E-state index in [9.17, 15) is 9.59 Å². The number of nitrogens with zero attached hydrogens (tertiary/aromatic N) is 3. The van der Waals surface area contributed by atoms with Gasteiger partial charge in [0, 0.05) is 44.8 Å². The Morgan fingerprint density at radius 3 is 2.47 bits per heavy atom. The normalized spacial score (nSPS) is 14.5. The van der Waals surface area contributed by atoms with Gasteiger partial charge in [0.05, 0.1) is 13.7 Å². The molecule has 1 aliphatic rings. The molecule has 0 N–H and O–H groups in total. The molecule has 0 unspecified atom stereocenters. The van der Waals surface area contributed by atoms with Crippen molar-refractivity contribution >= 4 is 17.5 Å². The fourth-order valence-electron chi connectivity index (χ4n) is 3.94. The number of aryl methyl sites for hydroxylation is 1. The Kier molecular flexibility index (Phi) is 8.87. The summed E-state index contributed by atoms with van der Waals surface area (Å²) in [5.74, 6) is 1.04. The smallest absolute Gasteiger partial charge is 0.241 e. The average Bonchev–Trinajstić information content (AvgIpc) is 3.07. The van der Waals surface area contributed by atoms with E-state index >= 15 is 0 Å². The topological polar surface area (TPSA) is 53.1 Å². The summed E-state index contributed by atoms with van der Waals surface area (Å²) in [5.41, 5.74) is 2.01. The van der Waals surface area contributed by atoms with Gasteiger partial charge in [-0.2, -0.15) is 0 Å². The number of benzene rings is 2. The summed E-state index contributed by atoms with van der Waals surface area (Å²) in [6.07, 6.45) is 3.83. The molecule has 1 saturated heterocycles. The molecule has 2 aromatic rings. The van der Waals surface area contributed by atoms with Crippen LogP contribution >= 0.6 is 0 Å². The first-order valence-electron chi connectivity index (χ1n) is 11.2. The van der Waals surface area contributed by atoms with Gasteiger partial charge in [-0.1, -0.05) is 36.4 Å². The lowest BCUT2D eigenvalue weighted by molar-refractivity contribution is -0.131. The number of para-hydroxylation sites is 1. The molecule has 3 rings (SSSR count). The van der Waals surface area contributed by atoms with Crippen LogP contribution < -0.4 is 9.64 Å². The average molecular weight is 436 g/mol. The van der Waals surface area contributed by atoms with Gasteiger partial charge >= 0.3 is 0 Å². The summed E-state index contributed by atoms with van der Waals surface area (Å²) in [6, 6.07) is 17.5. The Morgan fingerprint density at radius 2 is 1.78 bits per heavy atom. The number of anilines is 1. The van der Waals surface area contributed by atoms with Gasteiger partial charge in [-0.15, -0.1) is 6.58 Å². The minimum atomic E-state index is 0.0513. The molecule has 0 spiro atoms. The number of rotatable bonds is 9. The number of hydrogen-bond donors (Lipinski definition) is 0. The van der Waals surface area contributed by atoms with Crippen molar-refractivity contribution in [3.05, 3.63) is 72.8 Å². The van der Waals surface area contributed by atoms with E-state index in [-0.39, 0.29) is 11.8 Å². The quantitative estimate of drug-likeness (QED) is 0.567. The molecule has 170 valence electrons. The molecule has 0 saturated carbocycles. The highest BCUT2D eigenvalue weighted by molar-refractivity contribution is 5.95. The summed E-state index contributed by atoms with van der Waals surface area (Å²) in [6.45, 7) is 7.52. The van der Waals surface area contributed by atoms with Gasteiger partial charge in [0.25, 0.3) is 0 Å². The van der Waals surface area contributed by atoms with Gasteiger partial charge < -0.3 is 14.5 Å². The molecule has 0 aliphatic carbocycles. The standard InChI is InChI=1S/C26H33N3O3/c1-3-16-29(23-8-5-4-6-9-23)26(31)21-27-17-7-18-28(20-19-27)25(30)15-12-22-10-13-24(32-2)14-11-22/h3-6,8-11,13-14H,1,7,12,15-21H2,2H3. The SMILES string of the molecule is C=CCN(C(=O)CN1CCCN(C(=O)CCc2ccc(OC)cc2)CC1)c1ccccc1. The van der Waals surface area contributed by atoms with Crippen LogP contribution in [0.5, 0.6) is 5.75 Å². The van der Waals surface area contributed by atoms with E-state index in [0.717, 1.165) is 42.9 Å². The van der Waals surface area contributed by atoms with Crippen molar-refractivity contribution in [3.8, 4) is 5.75 Å². The van der Waals surface area contributed by atoms with Crippen molar-refractivity contribution in [2.75, 3.05) is 51.3 Å². The molecule has 32 heavy (non-hydrogen) atoms. The molecule has 0 aromatic heterocycles. The summed E-state index contributed by atoms with van der Waals surface area (Å²) < 4.78 is 5.18. The Balaban J connectivity index is 1.49. The van der Waals surface area contributed by atoms with E-state index in [4.69, 9.17) is 4.74 Å². The van der Waals surface area contributed by atoms with Gasteiger partial charge in [0.2, 0.25) is 11.8 Å². The molecule has 1 heterocycles. The number of methoxy groups -OCH3 is 1. The van der Waals surface area contributed by atoms with Gasteiger partial charge in [0.1, 0.15) is 5.75 Å². The molecule has 6 heteroatoms. The van der Waals surface area contributed by atoms with Gasteiger partial charge in [0.15, 0.2) is 0 Å². The second kappa shape index (κ2) is 12.1. The van der Waals surface area contributed by atoms with Crippen molar-refractivity contribution in [1.29, 1.82) is 0 Å². The van der Waals surface area contributed by atoms with Crippen LogP contribution in [0.4, 0.5) is 5.69 Å². The molecule has 0 bridgehead atoms. The molecular formula is C26H33N3O3. The third kappa shape index (κ3) is 6.69.